The summed E-state index contributed by atoms with van der Waals surface area (Å²) >= 11 is 0. The van der Waals surface area contributed by atoms with Crippen LogP contribution in [-0.2, 0) is 9.53 Å². The molecule has 0 spiro atoms. The molecule has 0 saturated carbocycles. The zero-order valence-corrected chi connectivity index (χ0v) is 17.5. The molecule has 0 amide bonds. The maximum atomic E-state index is 12.7. The number of rotatable bonds is 6. The van der Waals surface area contributed by atoms with Gasteiger partial charge in [-0.25, -0.2) is 0 Å². The van der Waals surface area contributed by atoms with Gasteiger partial charge in [-0.15, -0.1) is 0 Å². The van der Waals surface area contributed by atoms with Crippen LogP contribution in [0.4, 0.5) is 0 Å². The van der Waals surface area contributed by atoms with Gasteiger partial charge in [0, 0.05) is 31.5 Å². The van der Waals surface area contributed by atoms with Crippen LogP contribution in [0.15, 0.2) is 66.3 Å². The van der Waals surface area contributed by atoms with Gasteiger partial charge in [0.1, 0.15) is 5.78 Å². The Labute approximate surface area is 174 Å². The summed E-state index contributed by atoms with van der Waals surface area (Å²) in [5.41, 5.74) is 7.91. The molecule has 0 bridgehead atoms. The molecular formula is C27H30O2. The first kappa shape index (κ1) is 19.8. The van der Waals surface area contributed by atoms with Crippen molar-refractivity contribution in [2.45, 2.75) is 45.4 Å². The summed E-state index contributed by atoms with van der Waals surface area (Å²) in [6.07, 6.45) is 7.73. The molecule has 2 aliphatic rings. The quantitative estimate of drug-likeness (QED) is 0.592. The summed E-state index contributed by atoms with van der Waals surface area (Å²) in [6.45, 7) is 5.79. The topological polar surface area (TPSA) is 26.3 Å². The third-order valence-corrected chi connectivity index (χ3v) is 6.47. The van der Waals surface area contributed by atoms with Crippen molar-refractivity contribution in [2.75, 3.05) is 13.2 Å². The second kappa shape index (κ2) is 8.92. The average molecular weight is 387 g/mol. The number of benzene rings is 2. The Bertz CT molecular complexity index is 930. The van der Waals surface area contributed by atoms with Crippen molar-refractivity contribution in [3.8, 4) is 0 Å². The van der Waals surface area contributed by atoms with Crippen LogP contribution in [0.5, 0.6) is 0 Å². The SMILES string of the molecule is Cc1ccc(C2C(CCC(=O)C3CCOCC3)=CC=C2c2ccccc2)cc1C. The number of carbonyl (C=O) groups is 1. The van der Waals surface area contributed by atoms with E-state index in [9.17, 15) is 4.79 Å². The fraction of sp³-hybridized carbons (Fsp3) is 0.370. The number of Topliss-reactive ketones (excluding diaryl/α,β-unsaturated/α-hetero) is 1. The van der Waals surface area contributed by atoms with Gasteiger partial charge in [0.2, 0.25) is 0 Å². The average Bonchev–Trinajstić information content (AvgIpc) is 3.19. The molecule has 0 N–H and O–H groups in total. The Hall–Kier alpha value is -2.45. The molecule has 1 fully saturated rings. The molecule has 2 aromatic carbocycles. The van der Waals surface area contributed by atoms with E-state index in [1.165, 1.54) is 33.4 Å². The summed E-state index contributed by atoms with van der Waals surface area (Å²) in [5, 5.41) is 0. The predicted molar refractivity (Wildman–Crippen MR) is 119 cm³/mol. The van der Waals surface area contributed by atoms with Gasteiger partial charge in [-0.1, -0.05) is 66.3 Å². The molecule has 2 heteroatoms. The lowest BCUT2D eigenvalue weighted by Gasteiger charge is -2.23. The van der Waals surface area contributed by atoms with E-state index in [1.807, 2.05) is 0 Å². The molecule has 1 saturated heterocycles. The van der Waals surface area contributed by atoms with E-state index in [0.717, 1.165) is 32.5 Å². The van der Waals surface area contributed by atoms with E-state index in [2.05, 4.69) is 74.5 Å². The van der Waals surface area contributed by atoms with Crippen LogP contribution < -0.4 is 0 Å². The zero-order chi connectivity index (χ0) is 20.2. The molecule has 0 radical (unpaired) electrons. The zero-order valence-electron chi connectivity index (χ0n) is 17.5. The van der Waals surface area contributed by atoms with E-state index in [4.69, 9.17) is 4.74 Å². The smallest absolute Gasteiger partial charge is 0.136 e. The molecule has 1 heterocycles. The van der Waals surface area contributed by atoms with E-state index in [1.54, 1.807) is 0 Å². The third kappa shape index (κ3) is 4.43. The molecule has 29 heavy (non-hydrogen) atoms. The normalized spacial score (nSPS) is 19.7. The molecule has 1 aliphatic carbocycles. The minimum atomic E-state index is 0.187. The summed E-state index contributed by atoms with van der Waals surface area (Å²) in [6, 6.07) is 17.4. The molecule has 150 valence electrons. The van der Waals surface area contributed by atoms with Gasteiger partial charge >= 0.3 is 0 Å². The lowest BCUT2D eigenvalue weighted by atomic mass is 9.81. The Kier molecular flexibility index (Phi) is 6.10. The van der Waals surface area contributed by atoms with E-state index in [-0.39, 0.29) is 11.8 Å². The van der Waals surface area contributed by atoms with Gasteiger partial charge in [-0.2, -0.15) is 0 Å². The van der Waals surface area contributed by atoms with Crippen molar-refractivity contribution < 1.29 is 9.53 Å². The highest BCUT2D eigenvalue weighted by Gasteiger charge is 2.28. The highest BCUT2D eigenvalue weighted by Crippen LogP contribution is 2.44. The fourth-order valence-electron chi connectivity index (χ4n) is 4.54. The number of aryl methyl sites for hydroxylation is 2. The lowest BCUT2D eigenvalue weighted by molar-refractivity contribution is -0.125. The first-order chi connectivity index (χ1) is 14.1. The highest BCUT2D eigenvalue weighted by molar-refractivity contribution is 5.83. The summed E-state index contributed by atoms with van der Waals surface area (Å²) < 4.78 is 5.41. The van der Waals surface area contributed by atoms with Crippen LogP contribution in [0, 0.1) is 19.8 Å². The molecule has 2 nitrogen and oxygen atoms in total. The second-order valence-corrected chi connectivity index (χ2v) is 8.36. The summed E-state index contributed by atoms with van der Waals surface area (Å²) in [7, 11) is 0. The molecule has 1 atom stereocenters. The Morgan fingerprint density at radius 1 is 0.966 bits per heavy atom. The third-order valence-electron chi connectivity index (χ3n) is 6.47. The fourth-order valence-corrected chi connectivity index (χ4v) is 4.54. The second-order valence-electron chi connectivity index (χ2n) is 8.36. The van der Waals surface area contributed by atoms with E-state index in [0.29, 0.717) is 12.2 Å². The van der Waals surface area contributed by atoms with Gasteiger partial charge in [0.05, 0.1) is 0 Å². The van der Waals surface area contributed by atoms with Crippen LogP contribution in [0.25, 0.3) is 5.57 Å². The first-order valence-corrected chi connectivity index (χ1v) is 10.8. The maximum absolute atomic E-state index is 12.7. The van der Waals surface area contributed by atoms with Gasteiger partial charge < -0.3 is 4.74 Å². The number of carbonyl (C=O) groups excluding carboxylic acids is 1. The lowest BCUT2D eigenvalue weighted by Crippen LogP contribution is -2.23. The standard InChI is InChI=1S/C27H30O2/c1-19-8-9-24(18-20(19)2)27-23(10-12-25(27)21-6-4-3-5-7-21)11-13-26(28)22-14-16-29-17-15-22/h3-10,12,18,22,27H,11,13-17H2,1-2H3. The van der Waals surface area contributed by atoms with Crippen LogP contribution in [-0.4, -0.2) is 19.0 Å². The number of ether oxygens (including phenoxy) is 1. The van der Waals surface area contributed by atoms with Gasteiger partial charge in [-0.05, 0) is 60.9 Å². The molecule has 1 unspecified atom stereocenters. The van der Waals surface area contributed by atoms with Crippen molar-refractivity contribution in [1.82, 2.24) is 0 Å². The minimum absolute atomic E-state index is 0.187. The van der Waals surface area contributed by atoms with Crippen LogP contribution in [0.3, 0.4) is 0 Å². The molecular weight excluding hydrogens is 356 g/mol. The van der Waals surface area contributed by atoms with Gasteiger partial charge in [0.15, 0.2) is 0 Å². The van der Waals surface area contributed by atoms with Gasteiger partial charge in [0.25, 0.3) is 0 Å². The van der Waals surface area contributed by atoms with Crippen molar-refractivity contribution in [3.05, 3.63) is 88.5 Å². The molecule has 1 aliphatic heterocycles. The van der Waals surface area contributed by atoms with Crippen molar-refractivity contribution >= 4 is 11.4 Å². The largest absolute Gasteiger partial charge is 0.381 e. The number of hydrogen-bond donors (Lipinski definition) is 0. The Balaban J connectivity index is 1.56. The maximum Gasteiger partial charge on any atom is 0.136 e. The summed E-state index contributed by atoms with van der Waals surface area (Å²) in [5.74, 6) is 0.827. The molecule has 2 aromatic rings. The van der Waals surface area contributed by atoms with Crippen molar-refractivity contribution in [2.24, 2.45) is 5.92 Å². The van der Waals surface area contributed by atoms with Crippen LogP contribution >= 0.6 is 0 Å². The van der Waals surface area contributed by atoms with Crippen molar-refractivity contribution in [3.63, 3.8) is 0 Å². The van der Waals surface area contributed by atoms with Crippen LogP contribution in [0.1, 0.15) is 53.9 Å². The predicted octanol–water partition coefficient (Wildman–Crippen LogP) is 6.19. The molecule has 4 rings (SSSR count). The first-order valence-electron chi connectivity index (χ1n) is 10.8. The monoisotopic (exact) mass is 386 g/mol. The Morgan fingerprint density at radius 3 is 2.45 bits per heavy atom. The number of ketones is 1. The summed E-state index contributed by atoms with van der Waals surface area (Å²) in [4.78, 5) is 12.7. The number of hydrogen-bond acceptors (Lipinski definition) is 2. The van der Waals surface area contributed by atoms with Crippen molar-refractivity contribution in [1.29, 1.82) is 0 Å². The molecule has 0 aromatic heterocycles. The highest BCUT2D eigenvalue weighted by atomic mass is 16.5. The Morgan fingerprint density at radius 2 is 1.72 bits per heavy atom. The van der Waals surface area contributed by atoms with E-state index >= 15 is 0 Å². The minimum Gasteiger partial charge on any atom is -0.381 e. The number of allylic oxidation sites excluding steroid dienone is 4. The van der Waals surface area contributed by atoms with E-state index < -0.39 is 0 Å². The van der Waals surface area contributed by atoms with Crippen LogP contribution in [0.2, 0.25) is 0 Å². The van der Waals surface area contributed by atoms with Gasteiger partial charge in [-0.3, -0.25) is 4.79 Å².